The van der Waals surface area contributed by atoms with Gasteiger partial charge in [-0.1, -0.05) is 6.92 Å². The van der Waals surface area contributed by atoms with Gasteiger partial charge in [0, 0.05) is 19.7 Å². The molecule has 1 unspecified atom stereocenters. The summed E-state index contributed by atoms with van der Waals surface area (Å²) in [5.74, 6) is -0.249. The van der Waals surface area contributed by atoms with Crippen LogP contribution in [0.4, 0.5) is 0 Å². The van der Waals surface area contributed by atoms with Crippen LogP contribution in [0.3, 0.4) is 0 Å². The number of hydrogen-bond donors (Lipinski definition) is 2. The van der Waals surface area contributed by atoms with Crippen LogP contribution in [0.2, 0.25) is 0 Å². The highest BCUT2D eigenvalue weighted by Crippen LogP contribution is 2.27. The molecule has 0 bridgehead atoms. The number of nitrogens with two attached hydrogens (primary N) is 1. The minimum atomic E-state index is -0.577. The molecule has 0 aliphatic heterocycles. The summed E-state index contributed by atoms with van der Waals surface area (Å²) in [7, 11) is 1.74. The van der Waals surface area contributed by atoms with E-state index in [4.69, 9.17) is 10.5 Å². The molecular weight excluding hydrogens is 254 g/mol. The van der Waals surface area contributed by atoms with Crippen molar-refractivity contribution in [2.45, 2.75) is 57.5 Å². The molecule has 5 nitrogen and oxygen atoms in total. The van der Waals surface area contributed by atoms with Crippen LogP contribution in [0.15, 0.2) is 0 Å². The molecule has 0 aromatic carbocycles. The second-order valence-electron chi connectivity index (χ2n) is 5.99. The number of rotatable bonds is 12. The number of nitrogens with one attached hydrogen (secondary N) is 1. The van der Waals surface area contributed by atoms with E-state index < -0.39 is 5.54 Å². The first-order valence-corrected chi connectivity index (χ1v) is 7.81. The number of nitrogens with zero attached hydrogens (tertiary/aromatic N) is 1. The first-order chi connectivity index (χ1) is 9.53. The van der Waals surface area contributed by atoms with E-state index in [9.17, 15) is 4.79 Å². The zero-order valence-electron chi connectivity index (χ0n) is 13.3. The SMILES string of the molecule is CCCNC(C)(CCCN(CCOC)C1CC1)C(N)=O. The number of amides is 1. The van der Waals surface area contributed by atoms with E-state index in [2.05, 4.69) is 17.1 Å². The van der Waals surface area contributed by atoms with Crippen LogP contribution in [-0.2, 0) is 9.53 Å². The highest BCUT2D eigenvalue weighted by molar-refractivity contribution is 5.84. The molecule has 3 N–H and O–H groups in total. The van der Waals surface area contributed by atoms with Crippen molar-refractivity contribution in [2.75, 3.05) is 33.4 Å². The molecule has 0 aromatic rings. The molecule has 118 valence electrons. The highest BCUT2D eigenvalue weighted by Gasteiger charge is 2.32. The van der Waals surface area contributed by atoms with E-state index in [1.807, 2.05) is 6.92 Å². The van der Waals surface area contributed by atoms with Crippen molar-refractivity contribution < 1.29 is 9.53 Å². The molecule has 1 atom stereocenters. The summed E-state index contributed by atoms with van der Waals surface area (Å²) >= 11 is 0. The lowest BCUT2D eigenvalue weighted by molar-refractivity contribution is -0.124. The smallest absolute Gasteiger partial charge is 0.237 e. The van der Waals surface area contributed by atoms with Gasteiger partial charge in [-0.2, -0.15) is 0 Å². The Labute approximate surface area is 123 Å². The third kappa shape index (κ3) is 5.77. The van der Waals surface area contributed by atoms with Gasteiger partial charge in [0.2, 0.25) is 5.91 Å². The van der Waals surface area contributed by atoms with Gasteiger partial charge in [-0.05, 0) is 52.1 Å². The molecule has 1 rings (SSSR count). The molecule has 0 heterocycles. The summed E-state index contributed by atoms with van der Waals surface area (Å²) in [4.78, 5) is 14.1. The predicted octanol–water partition coefficient (Wildman–Crippen LogP) is 1.12. The van der Waals surface area contributed by atoms with Gasteiger partial charge in [0.1, 0.15) is 0 Å². The lowest BCUT2D eigenvalue weighted by Crippen LogP contribution is -2.53. The van der Waals surface area contributed by atoms with Gasteiger partial charge in [-0.3, -0.25) is 9.69 Å². The Hall–Kier alpha value is -0.650. The van der Waals surface area contributed by atoms with E-state index in [1.165, 1.54) is 12.8 Å². The largest absolute Gasteiger partial charge is 0.383 e. The minimum absolute atomic E-state index is 0.249. The number of hydrogen-bond acceptors (Lipinski definition) is 4. The first-order valence-electron chi connectivity index (χ1n) is 7.81. The van der Waals surface area contributed by atoms with Gasteiger partial charge in [0.15, 0.2) is 0 Å². The van der Waals surface area contributed by atoms with Crippen LogP contribution in [0.1, 0.15) is 46.0 Å². The molecule has 0 radical (unpaired) electrons. The van der Waals surface area contributed by atoms with Crippen molar-refractivity contribution in [1.82, 2.24) is 10.2 Å². The predicted molar refractivity (Wildman–Crippen MR) is 81.6 cm³/mol. The van der Waals surface area contributed by atoms with Crippen LogP contribution >= 0.6 is 0 Å². The van der Waals surface area contributed by atoms with Gasteiger partial charge in [0.25, 0.3) is 0 Å². The first kappa shape index (κ1) is 17.4. The second kappa shape index (κ2) is 8.60. The Kier molecular flexibility index (Phi) is 7.48. The zero-order chi connectivity index (χ0) is 15.0. The Morgan fingerprint density at radius 2 is 2.15 bits per heavy atom. The third-order valence-electron chi connectivity index (χ3n) is 4.08. The monoisotopic (exact) mass is 285 g/mol. The fourth-order valence-electron chi connectivity index (χ4n) is 2.46. The molecule has 1 aliphatic rings. The maximum Gasteiger partial charge on any atom is 0.237 e. The van der Waals surface area contributed by atoms with E-state index in [0.29, 0.717) is 0 Å². The lowest BCUT2D eigenvalue weighted by atomic mass is 9.94. The number of methoxy groups -OCH3 is 1. The summed E-state index contributed by atoms with van der Waals surface area (Å²) in [6.07, 6.45) is 5.37. The number of primary amides is 1. The number of ether oxygens (including phenoxy) is 1. The lowest BCUT2D eigenvalue weighted by Gasteiger charge is -2.29. The van der Waals surface area contributed by atoms with Gasteiger partial charge in [-0.25, -0.2) is 0 Å². The van der Waals surface area contributed by atoms with Crippen molar-refractivity contribution in [2.24, 2.45) is 5.73 Å². The molecule has 5 heteroatoms. The summed E-state index contributed by atoms with van der Waals surface area (Å²) in [6.45, 7) is 7.62. The van der Waals surface area contributed by atoms with Crippen molar-refractivity contribution in [1.29, 1.82) is 0 Å². The van der Waals surface area contributed by atoms with Crippen molar-refractivity contribution in [3.63, 3.8) is 0 Å². The summed E-state index contributed by atoms with van der Waals surface area (Å²) < 4.78 is 5.16. The van der Waals surface area contributed by atoms with Crippen LogP contribution < -0.4 is 11.1 Å². The standard InChI is InChI=1S/C15H31N3O2/c1-4-9-17-15(2,14(16)19)8-5-10-18(11-12-20-3)13-6-7-13/h13,17H,4-12H2,1-3H3,(H2,16,19). The van der Waals surface area contributed by atoms with E-state index in [-0.39, 0.29) is 5.91 Å². The van der Waals surface area contributed by atoms with Crippen molar-refractivity contribution >= 4 is 5.91 Å². The molecule has 0 aromatic heterocycles. The third-order valence-corrected chi connectivity index (χ3v) is 4.08. The Morgan fingerprint density at radius 1 is 1.45 bits per heavy atom. The zero-order valence-corrected chi connectivity index (χ0v) is 13.3. The average Bonchev–Trinajstić information content (AvgIpc) is 3.24. The normalized spacial score (nSPS) is 18.2. The Balaban J connectivity index is 2.35. The van der Waals surface area contributed by atoms with E-state index in [0.717, 1.165) is 51.5 Å². The minimum Gasteiger partial charge on any atom is -0.383 e. The van der Waals surface area contributed by atoms with Crippen molar-refractivity contribution in [3.05, 3.63) is 0 Å². The Bertz CT molecular complexity index is 295. The fourth-order valence-corrected chi connectivity index (χ4v) is 2.46. The number of carbonyl (C=O) groups excluding carboxylic acids is 1. The molecular formula is C15H31N3O2. The molecule has 1 amide bonds. The van der Waals surface area contributed by atoms with Crippen molar-refractivity contribution in [3.8, 4) is 0 Å². The van der Waals surface area contributed by atoms with E-state index >= 15 is 0 Å². The maximum atomic E-state index is 11.6. The molecule has 0 spiro atoms. The topological polar surface area (TPSA) is 67.6 Å². The quantitative estimate of drug-likeness (QED) is 0.564. The average molecular weight is 285 g/mol. The van der Waals surface area contributed by atoms with Crippen LogP contribution in [0, 0.1) is 0 Å². The summed E-state index contributed by atoms with van der Waals surface area (Å²) in [6, 6.07) is 0.730. The molecule has 20 heavy (non-hydrogen) atoms. The fraction of sp³-hybridized carbons (Fsp3) is 0.933. The van der Waals surface area contributed by atoms with Gasteiger partial charge >= 0.3 is 0 Å². The van der Waals surface area contributed by atoms with Gasteiger partial charge in [-0.15, -0.1) is 0 Å². The van der Waals surface area contributed by atoms with E-state index in [1.54, 1.807) is 7.11 Å². The number of carbonyl (C=O) groups is 1. The molecule has 1 aliphatic carbocycles. The van der Waals surface area contributed by atoms with Gasteiger partial charge < -0.3 is 15.8 Å². The summed E-state index contributed by atoms with van der Waals surface area (Å²) in [5.41, 5.74) is 4.97. The molecule has 0 saturated heterocycles. The maximum absolute atomic E-state index is 11.6. The highest BCUT2D eigenvalue weighted by atomic mass is 16.5. The van der Waals surface area contributed by atoms with Crippen LogP contribution in [-0.4, -0.2) is 55.7 Å². The van der Waals surface area contributed by atoms with Gasteiger partial charge in [0.05, 0.1) is 12.1 Å². The molecule has 1 fully saturated rings. The van der Waals surface area contributed by atoms with Crippen LogP contribution in [0.25, 0.3) is 0 Å². The second-order valence-corrected chi connectivity index (χ2v) is 5.99. The Morgan fingerprint density at radius 3 is 2.65 bits per heavy atom. The van der Waals surface area contributed by atoms with Crippen LogP contribution in [0.5, 0.6) is 0 Å². The summed E-state index contributed by atoms with van der Waals surface area (Å²) in [5, 5.41) is 3.29. The molecule has 1 saturated carbocycles.